The van der Waals surface area contributed by atoms with Gasteiger partial charge in [-0.05, 0) is 61.7 Å². The molecule has 1 atom stereocenters. The molecule has 0 saturated carbocycles. The van der Waals surface area contributed by atoms with Crippen LogP contribution in [-0.4, -0.2) is 51.4 Å². The summed E-state index contributed by atoms with van der Waals surface area (Å²) in [6.45, 7) is 5.97. The number of benzene rings is 3. The number of aryl methyl sites for hydroxylation is 1. The summed E-state index contributed by atoms with van der Waals surface area (Å²) >= 11 is 0. The molecule has 0 spiro atoms. The fraction of sp³-hybridized carbons (Fsp3) is 0.355. The van der Waals surface area contributed by atoms with Crippen molar-refractivity contribution < 1.29 is 22.7 Å². The van der Waals surface area contributed by atoms with Gasteiger partial charge in [0.1, 0.15) is 18.3 Å². The summed E-state index contributed by atoms with van der Waals surface area (Å²) < 4.78 is 34.0. The Morgan fingerprint density at radius 2 is 1.57 bits per heavy atom. The summed E-state index contributed by atoms with van der Waals surface area (Å²) in [7, 11) is -2.50. The van der Waals surface area contributed by atoms with Crippen LogP contribution < -0.4 is 14.4 Å². The molecule has 9 heteroatoms. The summed E-state index contributed by atoms with van der Waals surface area (Å²) in [5.74, 6) is -0.0653. The first kappa shape index (κ1) is 30.7. The number of hydrogen-bond acceptors (Lipinski definition) is 5. The lowest BCUT2D eigenvalue weighted by atomic mass is 10.1. The molecule has 3 aromatic carbocycles. The molecule has 0 aliphatic carbocycles. The summed E-state index contributed by atoms with van der Waals surface area (Å²) in [5.41, 5.74) is 2.12. The van der Waals surface area contributed by atoms with E-state index in [0.717, 1.165) is 28.3 Å². The molecule has 40 heavy (non-hydrogen) atoms. The number of sulfonamides is 1. The molecule has 0 saturated heterocycles. The highest BCUT2D eigenvalue weighted by Crippen LogP contribution is 2.25. The van der Waals surface area contributed by atoms with Crippen molar-refractivity contribution >= 4 is 27.5 Å². The number of carbonyl (C=O) groups is 2. The Kier molecular flexibility index (Phi) is 11.1. The molecule has 0 unspecified atom stereocenters. The number of nitrogens with one attached hydrogen (secondary N) is 1. The number of carbonyl (C=O) groups excluding carboxylic acids is 2. The maximum atomic E-state index is 14.0. The van der Waals surface area contributed by atoms with Crippen LogP contribution >= 0.6 is 0 Å². The number of ether oxygens (including phenoxy) is 1. The van der Waals surface area contributed by atoms with Gasteiger partial charge in [0, 0.05) is 13.1 Å². The van der Waals surface area contributed by atoms with Gasteiger partial charge in [-0.2, -0.15) is 0 Å². The fourth-order valence-corrected chi connectivity index (χ4v) is 5.75. The molecule has 2 amide bonds. The summed E-state index contributed by atoms with van der Waals surface area (Å²) in [5, 5.41) is 2.94. The molecule has 0 radical (unpaired) electrons. The van der Waals surface area contributed by atoms with Gasteiger partial charge in [0.05, 0.1) is 17.7 Å². The Bertz CT molecular complexity index is 1340. The van der Waals surface area contributed by atoms with Crippen LogP contribution in [0.3, 0.4) is 0 Å². The molecular formula is C31H39N3O5S. The molecule has 3 rings (SSSR count). The normalized spacial score (nSPS) is 11.9. The zero-order valence-electron chi connectivity index (χ0n) is 23.7. The summed E-state index contributed by atoms with van der Waals surface area (Å²) in [6, 6.07) is 21.5. The van der Waals surface area contributed by atoms with E-state index in [4.69, 9.17) is 4.74 Å². The maximum absolute atomic E-state index is 14.0. The second-order valence-electron chi connectivity index (χ2n) is 9.60. The minimum Gasteiger partial charge on any atom is -0.497 e. The highest BCUT2D eigenvalue weighted by Gasteiger charge is 2.33. The van der Waals surface area contributed by atoms with Gasteiger partial charge in [0.2, 0.25) is 11.8 Å². The molecule has 3 aromatic rings. The second-order valence-corrected chi connectivity index (χ2v) is 11.5. The van der Waals surface area contributed by atoms with Crippen molar-refractivity contribution in [3.05, 3.63) is 90.0 Å². The van der Waals surface area contributed by atoms with E-state index in [1.54, 1.807) is 61.7 Å². The SMILES string of the molecule is CCCCNC(=O)[C@@H](CC)N(Cc1ccc(OC)cc1)C(=O)CN(c1ccc(C)cc1)S(=O)(=O)c1ccccc1. The molecule has 0 heterocycles. The van der Waals surface area contributed by atoms with Crippen molar-refractivity contribution in [2.45, 2.75) is 57.5 Å². The maximum Gasteiger partial charge on any atom is 0.264 e. The van der Waals surface area contributed by atoms with Gasteiger partial charge < -0.3 is 15.0 Å². The van der Waals surface area contributed by atoms with Gasteiger partial charge in [-0.1, -0.05) is 68.3 Å². The van der Waals surface area contributed by atoms with Gasteiger partial charge >= 0.3 is 0 Å². The first-order chi connectivity index (χ1) is 19.2. The number of methoxy groups -OCH3 is 1. The van der Waals surface area contributed by atoms with Crippen LogP contribution in [0.15, 0.2) is 83.8 Å². The number of unbranched alkanes of at least 4 members (excludes halogenated alkanes) is 1. The minimum atomic E-state index is -4.08. The van der Waals surface area contributed by atoms with Crippen LogP contribution in [0.4, 0.5) is 5.69 Å². The van der Waals surface area contributed by atoms with Gasteiger partial charge in [-0.3, -0.25) is 13.9 Å². The Morgan fingerprint density at radius 3 is 2.15 bits per heavy atom. The molecular weight excluding hydrogens is 526 g/mol. The van der Waals surface area contributed by atoms with E-state index in [2.05, 4.69) is 5.32 Å². The Labute approximate surface area is 238 Å². The second kappa shape index (κ2) is 14.5. The lowest BCUT2D eigenvalue weighted by Gasteiger charge is -2.33. The minimum absolute atomic E-state index is 0.0782. The van der Waals surface area contributed by atoms with Crippen molar-refractivity contribution in [2.75, 3.05) is 24.5 Å². The Morgan fingerprint density at radius 1 is 0.925 bits per heavy atom. The first-order valence-electron chi connectivity index (χ1n) is 13.6. The van der Waals surface area contributed by atoms with Crippen LogP contribution in [0, 0.1) is 6.92 Å². The highest BCUT2D eigenvalue weighted by molar-refractivity contribution is 7.92. The molecule has 0 bridgehead atoms. The molecule has 0 aromatic heterocycles. The quantitative estimate of drug-likeness (QED) is 0.280. The smallest absolute Gasteiger partial charge is 0.264 e. The predicted octanol–water partition coefficient (Wildman–Crippen LogP) is 4.92. The first-order valence-corrected chi connectivity index (χ1v) is 15.0. The van der Waals surface area contributed by atoms with Crippen LogP contribution in [0.1, 0.15) is 44.2 Å². The third kappa shape index (κ3) is 7.85. The lowest BCUT2D eigenvalue weighted by Crippen LogP contribution is -2.52. The summed E-state index contributed by atoms with van der Waals surface area (Å²) in [4.78, 5) is 28.8. The predicted molar refractivity (Wildman–Crippen MR) is 158 cm³/mol. The van der Waals surface area contributed by atoms with E-state index in [0.29, 0.717) is 24.4 Å². The van der Waals surface area contributed by atoms with Gasteiger partial charge in [-0.25, -0.2) is 8.42 Å². The van der Waals surface area contributed by atoms with Crippen molar-refractivity contribution in [3.8, 4) is 5.75 Å². The zero-order chi connectivity index (χ0) is 29.1. The van der Waals surface area contributed by atoms with Crippen molar-refractivity contribution in [3.63, 3.8) is 0 Å². The average Bonchev–Trinajstić information content (AvgIpc) is 2.97. The zero-order valence-corrected chi connectivity index (χ0v) is 24.5. The molecule has 8 nitrogen and oxygen atoms in total. The fourth-order valence-electron chi connectivity index (χ4n) is 4.31. The van der Waals surface area contributed by atoms with Gasteiger partial charge in [0.15, 0.2) is 0 Å². The Hall–Kier alpha value is -3.85. The van der Waals surface area contributed by atoms with Crippen molar-refractivity contribution in [2.24, 2.45) is 0 Å². The van der Waals surface area contributed by atoms with E-state index >= 15 is 0 Å². The number of hydrogen-bond donors (Lipinski definition) is 1. The third-order valence-corrected chi connectivity index (χ3v) is 8.45. The number of nitrogens with zero attached hydrogens (tertiary/aromatic N) is 2. The number of amides is 2. The molecule has 214 valence electrons. The largest absolute Gasteiger partial charge is 0.497 e. The molecule has 0 aliphatic heterocycles. The van der Waals surface area contributed by atoms with E-state index < -0.39 is 28.5 Å². The molecule has 0 aliphatic rings. The van der Waals surface area contributed by atoms with Crippen LogP contribution in [0.2, 0.25) is 0 Å². The lowest BCUT2D eigenvalue weighted by molar-refractivity contribution is -0.140. The standard InChI is InChI=1S/C31H39N3O5S/c1-5-7-21-32-31(36)29(6-2)33(22-25-15-19-27(39-4)20-16-25)30(35)23-34(26-17-13-24(3)14-18-26)40(37,38)28-11-9-8-10-12-28/h8-20,29H,5-7,21-23H2,1-4H3,(H,32,36)/t29-/m1/s1. The molecule has 1 N–H and O–H groups in total. The van der Waals surface area contributed by atoms with Crippen molar-refractivity contribution in [1.29, 1.82) is 0 Å². The van der Waals surface area contributed by atoms with E-state index in [9.17, 15) is 18.0 Å². The third-order valence-electron chi connectivity index (χ3n) is 6.66. The van der Waals surface area contributed by atoms with Crippen LogP contribution in [0.25, 0.3) is 0 Å². The summed E-state index contributed by atoms with van der Waals surface area (Å²) in [6.07, 6.45) is 2.12. The number of rotatable bonds is 14. The van der Waals surface area contributed by atoms with E-state index in [1.165, 1.54) is 17.0 Å². The van der Waals surface area contributed by atoms with E-state index in [-0.39, 0.29) is 17.3 Å². The Balaban J connectivity index is 2.01. The monoisotopic (exact) mass is 565 g/mol. The number of anilines is 1. The van der Waals surface area contributed by atoms with Crippen molar-refractivity contribution in [1.82, 2.24) is 10.2 Å². The van der Waals surface area contributed by atoms with Gasteiger partial charge in [-0.15, -0.1) is 0 Å². The van der Waals surface area contributed by atoms with Crippen LogP contribution in [0.5, 0.6) is 5.75 Å². The highest BCUT2D eigenvalue weighted by atomic mass is 32.2. The van der Waals surface area contributed by atoms with E-state index in [1.807, 2.05) is 32.9 Å². The van der Waals surface area contributed by atoms with Gasteiger partial charge in [0.25, 0.3) is 10.0 Å². The van der Waals surface area contributed by atoms with Crippen LogP contribution in [-0.2, 0) is 26.2 Å². The topological polar surface area (TPSA) is 96.0 Å². The average molecular weight is 566 g/mol. The molecule has 0 fully saturated rings.